The van der Waals surface area contributed by atoms with Gasteiger partial charge < -0.3 is 5.11 Å². The van der Waals surface area contributed by atoms with Crippen LogP contribution in [0.4, 0.5) is 0 Å². The molecule has 6 rings (SSSR count). The highest BCUT2D eigenvalue weighted by Crippen LogP contribution is 2.40. The van der Waals surface area contributed by atoms with E-state index in [4.69, 9.17) is 34.8 Å². The topological polar surface area (TPSA) is 63.8 Å². The molecule has 1 atom stereocenters. The highest BCUT2D eigenvalue weighted by atomic mass is 35.5. The van der Waals surface area contributed by atoms with E-state index < -0.39 is 5.60 Å². The van der Waals surface area contributed by atoms with Gasteiger partial charge in [-0.1, -0.05) is 71.2 Å². The van der Waals surface area contributed by atoms with Crippen molar-refractivity contribution in [3.05, 3.63) is 153 Å². The second kappa shape index (κ2) is 10.4. The maximum Gasteiger partial charge on any atom is 0.142 e. The van der Waals surface area contributed by atoms with E-state index in [1.54, 1.807) is 41.5 Å². The van der Waals surface area contributed by atoms with Crippen LogP contribution < -0.4 is 0 Å². The molecule has 192 valence electrons. The van der Waals surface area contributed by atoms with Crippen molar-refractivity contribution >= 4 is 45.7 Å². The van der Waals surface area contributed by atoms with Crippen molar-refractivity contribution in [2.45, 2.75) is 12.0 Å². The minimum absolute atomic E-state index is 0.341. The maximum atomic E-state index is 12.3. The normalized spacial score (nSPS) is 12.9. The van der Waals surface area contributed by atoms with Gasteiger partial charge in [-0.05, 0) is 65.2 Å². The Hall–Kier alpha value is -3.74. The Morgan fingerprint density at radius 1 is 0.795 bits per heavy atom. The van der Waals surface area contributed by atoms with Crippen molar-refractivity contribution in [3.63, 3.8) is 0 Å². The zero-order chi connectivity index (χ0) is 27.0. The Balaban J connectivity index is 1.45. The number of pyridine rings is 2. The lowest BCUT2D eigenvalue weighted by Crippen LogP contribution is -2.29. The molecule has 0 saturated heterocycles. The first-order chi connectivity index (χ1) is 18.9. The number of aromatic nitrogens is 4. The van der Waals surface area contributed by atoms with Gasteiger partial charge in [0.1, 0.15) is 10.8 Å². The van der Waals surface area contributed by atoms with E-state index in [-0.39, 0.29) is 0 Å². The standard InChI is InChI=1S/C31H21Cl3N4O/c32-24-6-1-4-21(17-24)31(39,23-5-2-13-35-19-23)22-9-12-28-26(18-22)29(33)27(30(34)37-28)16-20-7-10-25(11-8-20)38-15-3-14-36-38/h1-15,17-19,39H,16H2. The quantitative estimate of drug-likeness (QED) is 0.209. The zero-order valence-electron chi connectivity index (χ0n) is 20.5. The summed E-state index contributed by atoms with van der Waals surface area (Å²) in [5, 5.41) is 18.6. The number of rotatable bonds is 6. The number of hydrogen-bond donors (Lipinski definition) is 1. The molecular formula is C31H21Cl3N4O. The number of nitrogens with zero attached hydrogens (tertiary/aromatic N) is 4. The molecule has 8 heteroatoms. The van der Waals surface area contributed by atoms with Crippen molar-refractivity contribution in [3.8, 4) is 5.69 Å². The summed E-state index contributed by atoms with van der Waals surface area (Å²) in [6.45, 7) is 0. The van der Waals surface area contributed by atoms with E-state index in [0.29, 0.717) is 54.8 Å². The molecule has 3 aromatic heterocycles. The number of hydrogen-bond acceptors (Lipinski definition) is 4. The van der Waals surface area contributed by atoms with Crippen LogP contribution in [-0.4, -0.2) is 24.9 Å². The van der Waals surface area contributed by atoms with Crippen LogP contribution in [-0.2, 0) is 12.0 Å². The van der Waals surface area contributed by atoms with Crippen molar-refractivity contribution < 1.29 is 5.11 Å². The molecule has 0 bridgehead atoms. The van der Waals surface area contributed by atoms with Crippen molar-refractivity contribution in [1.82, 2.24) is 19.7 Å². The Bertz CT molecular complexity index is 1770. The van der Waals surface area contributed by atoms with Crippen molar-refractivity contribution in [2.24, 2.45) is 0 Å². The molecule has 0 aliphatic heterocycles. The van der Waals surface area contributed by atoms with E-state index in [9.17, 15) is 5.11 Å². The summed E-state index contributed by atoms with van der Waals surface area (Å²) in [5.74, 6) is 0. The van der Waals surface area contributed by atoms with Gasteiger partial charge >= 0.3 is 0 Å². The summed E-state index contributed by atoms with van der Waals surface area (Å²) in [6.07, 6.45) is 7.43. The van der Waals surface area contributed by atoms with Crippen LogP contribution in [0, 0.1) is 0 Å². The largest absolute Gasteiger partial charge is 0.376 e. The molecule has 0 amide bonds. The molecule has 0 radical (unpaired) electrons. The van der Waals surface area contributed by atoms with Gasteiger partial charge in [-0.15, -0.1) is 0 Å². The fourth-order valence-electron chi connectivity index (χ4n) is 4.79. The fraction of sp³-hybridized carbons (Fsp3) is 0.0645. The average Bonchev–Trinajstić information content (AvgIpc) is 3.51. The number of aliphatic hydroxyl groups is 1. The minimum atomic E-state index is -1.53. The molecule has 0 saturated carbocycles. The monoisotopic (exact) mass is 570 g/mol. The van der Waals surface area contributed by atoms with Gasteiger partial charge in [-0.25, -0.2) is 9.67 Å². The van der Waals surface area contributed by atoms with E-state index in [2.05, 4.69) is 15.1 Å². The van der Waals surface area contributed by atoms with E-state index in [1.807, 2.05) is 72.9 Å². The molecule has 5 nitrogen and oxygen atoms in total. The molecule has 3 aromatic carbocycles. The van der Waals surface area contributed by atoms with E-state index in [1.165, 1.54) is 0 Å². The Kier molecular flexibility index (Phi) is 6.83. The number of benzene rings is 3. The van der Waals surface area contributed by atoms with Gasteiger partial charge in [0.05, 0.1) is 16.2 Å². The molecule has 6 aromatic rings. The van der Waals surface area contributed by atoms with E-state index in [0.717, 1.165) is 11.3 Å². The van der Waals surface area contributed by atoms with E-state index >= 15 is 0 Å². The predicted octanol–water partition coefficient (Wildman–Crippen LogP) is 7.65. The molecule has 39 heavy (non-hydrogen) atoms. The molecule has 1 N–H and O–H groups in total. The number of fused-ring (bicyclic) bond motifs is 1. The van der Waals surface area contributed by atoms with Crippen LogP contribution in [0.15, 0.2) is 110 Å². The van der Waals surface area contributed by atoms with Gasteiger partial charge in [0, 0.05) is 52.7 Å². The first-order valence-electron chi connectivity index (χ1n) is 12.2. The first kappa shape index (κ1) is 25.5. The highest BCUT2D eigenvalue weighted by Gasteiger charge is 2.35. The number of halogens is 3. The highest BCUT2D eigenvalue weighted by molar-refractivity contribution is 6.39. The third-order valence-electron chi connectivity index (χ3n) is 6.79. The maximum absolute atomic E-state index is 12.3. The van der Waals surface area contributed by atoms with Gasteiger partial charge in [0.2, 0.25) is 0 Å². The summed E-state index contributed by atoms with van der Waals surface area (Å²) in [6, 6.07) is 26.2. The van der Waals surface area contributed by atoms with Gasteiger partial charge in [-0.3, -0.25) is 4.98 Å². The lowest BCUT2D eigenvalue weighted by atomic mass is 9.80. The van der Waals surface area contributed by atoms with Gasteiger partial charge in [0.25, 0.3) is 0 Å². The zero-order valence-corrected chi connectivity index (χ0v) is 22.7. The first-order valence-corrected chi connectivity index (χ1v) is 13.3. The summed E-state index contributed by atoms with van der Waals surface area (Å²) in [7, 11) is 0. The van der Waals surface area contributed by atoms with Crippen LogP contribution in [0.3, 0.4) is 0 Å². The van der Waals surface area contributed by atoms with Gasteiger partial charge in [-0.2, -0.15) is 5.10 Å². The van der Waals surface area contributed by atoms with Crippen LogP contribution in [0.2, 0.25) is 15.2 Å². The lowest BCUT2D eigenvalue weighted by Gasteiger charge is -2.30. The van der Waals surface area contributed by atoms with Crippen LogP contribution in [0.1, 0.15) is 27.8 Å². The summed E-state index contributed by atoms with van der Waals surface area (Å²) in [4.78, 5) is 8.87. The van der Waals surface area contributed by atoms with Crippen LogP contribution >= 0.6 is 34.8 Å². The second-order valence-corrected chi connectivity index (χ2v) is 10.4. The summed E-state index contributed by atoms with van der Waals surface area (Å²) < 4.78 is 1.80. The SMILES string of the molecule is OC(c1cccnc1)(c1cccc(Cl)c1)c1ccc2nc(Cl)c(Cc3ccc(-n4cccn4)cc3)c(Cl)c2c1. The molecule has 0 aliphatic rings. The molecule has 3 heterocycles. The van der Waals surface area contributed by atoms with Crippen molar-refractivity contribution in [2.75, 3.05) is 0 Å². The third-order valence-corrected chi connectivity index (χ3v) is 7.77. The smallest absolute Gasteiger partial charge is 0.142 e. The van der Waals surface area contributed by atoms with Crippen LogP contribution in [0.5, 0.6) is 0 Å². The Morgan fingerprint density at radius 3 is 2.31 bits per heavy atom. The molecule has 0 aliphatic carbocycles. The Morgan fingerprint density at radius 2 is 1.59 bits per heavy atom. The summed E-state index contributed by atoms with van der Waals surface area (Å²) in [5.41, 5.74) is 3.61. The molecule has 1 unspecified atom stereocenters. The van der Waals surface area contributed by atoms with Crippen LogP contribution in [0.25, 0.3) is 16.6 Å². The molecule has 0 spiro atoms. The lowest BCUT2D eigenvalue weighted by molar-refractivity contribution is 0.125. The van der Waals surface area contributed by atoms with Gasteiger partial charge in [0.15, 0.2) is 0 Å². The van der Waals surface area contributed by atoms with Crippen molar-refractivity contribution in [1.29, 1.82) is 0 Å². The predicted molar refractivity (Wildman–Crippen MR) is 156 cm³/mol. The minimum Gasteiger partial charge on any atom is -0.376 e. The second-order valence-electron chi connectivity index (χ2n) is 9.18. The summed E-state index contributed by atoms with van der Waals surface area (Å²) >= 11 is 19.9. The average molecular weight is 572 g/mol. The molecular weight excluding hydrogens is 551 g/mol. The third kappa shape index (κ3) is 4.79. The Labute approximate surface area is 240 Å². The fourth-order valence-corrected chi connectivity index (χ4v) is 5.59. The molecule has 0 fully saturated rings.